The van der Waals surface area contributed by atoms with E-state index in [4.69, 9.17) is 11.6 Å². The van der Waals surface area contributed by atoms with Gasteiger partial charge in [0.15, 0.2) is 0 Å². The molecular weight excluding hydrogens is 380 g/mol. The second-order valence-corrected chi connectivity index (χ2v) is 7.58. The molecule has 0 spiro atoms. The van der Waals surface area contributed by atoms with Crippen LogP contribution in [0.4, 0.5) is 0 Å². The lowest BCUT2D eigenvalue weighted by atomic mass is 10.1. The van der Waals surface area contributed by atoms with Crippen molar-refractivity contribution in [3.05, 3.63) is 75.0 Å². The van der Waals surface area contributed by atoms with Crippen LogP contribution in [-0.2, 0) is 17.8 Å². The number of carboxylic acids is 1. The number of hydrogen-bond donors (Lipinski definition) is 1. The van der Waals surface area contributed by atoms with Gasteiger partial charge in [0.05, 0.1) is 24.0 Å². The van der Waals surface area contributed by atoms with Gasteiger partial charge in [-0.15, -0.1) is 11.3 Å². The molecule has 0 atom stereocenters. The summed E-state index contributed by atoms with van der Waals surface area (Å²) in [6.45, 7) is 2.70. The van der Waals surface area contributed by atoms with Crippen molar-refractivity contribution in [2.45, 2.75) is 32.7 Å². The Morgan fingerprint density at radius 1 is 1.30 bits per heavy atom. The largest absolute Gasteiger partial charge is 0.478 e. The molecule has 1 aromatic carbocycles. The van der Waals surface area contributed by atoms with Crippen molar-refractivity contribution in [1.82, 2.24) is 9.55 Å². The molecule has 0 saturated heterocycles. The summed E-state index contributed by atoms with van der Waals surface area (Å²) in [5.41, 5.74) is 2.02. The normalized spacial score (nSPS) is 11.7. The molecule has 3 aromatic rings. The van der Waals surface area contributed by atoms with E-state index in [9.17, 15) is 9.90 Å². The number of unbranched alkanes of at least 4 members (excludes halogenated alkanes) is 1. The fraction of sp³-hybridized carbons (Fsp3) is 0.238. The number of aliphatic carboxylic acids is 1. The number of carboxylic acid groups (broad SMARTS) is 1. The van der Waals surface area contributed by atoms with Crippen LogP contribution >= 0.6 is 22.9 Å². The van der Waals surface area contributed by atoms with Crippen molar-refractivity contribution in [2.75, 3.05) is 0 Å². The molecule has 0 saturated carbocycles. The number of halogens is 1. The smallest absolute Gasteiger partial charge is 0.337 e. The molecule has 140 valence electrons. The Hall–Kier alpha value is -2.37. The van der Waals surface area contributed by atoms with Gasteiger partial charge in [-0.25, -0.2) is 9.78 Å². The van der Waals surface area contributed by atoms with E-state index in [-0.39, 0.29) is 5.57 Å². The molecule has 27 heavy (non-hydrogen) atoms. The molecule has 0 radical (unpaired) electrons. The van der Waals surface area contributed by atoms with Crippen molar-refractivity contribution in [3.8, 4) is 0 Å². The minimum Gasteiger partial charge on any atom is -0.478 e. The summed E-state index contributed by atoms with van der Waals surface area (Å²) in [6, 6.07) is 11.4. The predicted octanol–water partition coefficient (Wildman–Crippen LogP) is 5.61. The van der Waals surface area contributed by atoms with E-state index in [1.165, 1.54) is 11.3 Å². The van der Waals surface area contributed by atoms with Crippen molar-refractivity contribution in [1.29, 1.82) is 0 Å². The monoisotopic (exact) mass is 400 g/mol. The summed E-state index contributed by atoms with van der Waals surface area (Å²) in [4.78, 5) is 17.1. The highest BCUT2D eigenvalue weighted by molar-refractivity contribution is 7.11. The molecule has 3 rings (SSSR count). The number of carbonyl (C=O) groups is 1. The van der Waals surface area contributed by atoms with E-state index in [0.717, 1.165) is 41.2 Å². The van der Waals surface area contributed by atoms with Crippen molar-refractivity contribution < 1.29 is 9.90 Å². The lowest BCUT2D eigenvalue weighted by Gasteiger charge is -2.12. The van der Waals surface area contributed by atoms with Crippen LogP contribution in [0, 0.1) is 0 Å². The number of imidazole rings is 1. The topological polar surface area (TPSA) is 55.1 Å². The molecule has 0 aliphatic heterocycles. The molecule has 6 heteroatoms. The van der Waals surface area contributed by atoms with Crippen LogP contribution in [0.2, 0.25) is 5.02 Å². The third kappa shape index (κ3) is 4.67. The van der Waals surface area contributed by atoms with Gasteiger partial charge in [-0.05, 0) is 35.6 Å². The summed E-state index contributed by atoms with van der Waals surface area (Å²) >= 11 is 7.76. The first-order chi connectivity index (χ1) is 13.1. The van der Waals surface area contributed by atoms with Gasteiger partial charge in [-0.2, -0.15) is 0 Å². The molecule has 0 unspecified atom stereocenters. The minimum absolute atomic E-state index is 0.271. The summed E-state index contributed by atoms with van der Waals surface area (Å²) in [7, 11) is 0. The molecule has 2 heterocycles. The highest BCUT2D eigenvalue weighted by Crippen LogP contribution is 2.25. The van der Waals surface area contributed by atoms with Gasteiger partial charge in [-0.3, -0.25) is 0 Å². The van der Waals surface area contributed by atoms with Crippen molar-refractivity contribution in [2.24, 2.45) is 0 Å². The quantitative estimate of drug-likeness (QED) is 0.499. The van der Waals surface area contributed by atoms with Gasteiger partial charge in [0, 0.05) is 16.3 Å². The Kier molecular flexibility index (Phi) is 6.48. The zero-order chi connectivity index (χ0) is 19.2. The first-order valence-electron chi connectivity index (χ1n) is 8.86. The second kappa shape index (κ2) is 9.02. The van der Waals surface area contributed by atoms with Gasteiger partial charge in [0.1, 0.15) is 5.82 Å². The van der Waals surface area contributed by atoms with Gasteiger partial charge in [-0.1, -0.05) is 49.2 Å². The SMILES string of the molecule is CCCCc1ncc(/C=C(/C(=O)O)c2cccs2)n1Cc1ccccc1Cl. The van der Waals surface area contributed by atoms with E-state index >= 15 is 0 Å². The van der Waals surface area contributed by atoms with E-state index in [0.29, 0.717) is 11.6 Å². The van der Waals surface area contributed by atoms with E-state index in [1.807, 2.05) is 41.8 Å². The van der Waals surface area contributed by atoms with E-state index < -0.39 is 5.97 Å². The summed E-state index contributed by atoms with van der Waals surface area (Å²) < 4.78 is 2.06. The van der Waals surface area contributed by atoms with Crippen LogP contribution in [0.25, 0.3) is 11.6 Å². The first-order valence-corrected chi connectivity index (χ1v) is 10.1. The molecular formula is C21H21ClN2O2S. The number of hydrogen-bond acceptors (Lipinski definition) is 3. The second-order valence-electron chi connectivity index (χ2n) is 6.22. The van der Waals surface area contributed by atoms with Crippen LogP contribution in [-0.4, -0.2) is 20.6 Å². The van der Waals surface area contributed by atoms with Crippen LogP contribution in [0.1, 0.15) is 41.7 Å². The third-order valence-electron chi connectivity index (χ3n) is 4.32. The van der Waals surface area contributed by atoms with Crippen LogP contribution in [0.5, 0.6) is 0 Å². The van der Waals surface area contributed by atoms with E-state index in [2.05, 4.69) is 16.5 Å². The molecule has 0 fully saturated rings. The molecule has 0 bridgehead atoms. The molecule has 2 aromatic heterocycles. The minimum atomic E-state index is -0.946. The number of thiophene rings is 1. The van der Waals surface area contributed by atoms with Crippen LogP contribution < -0.4 is 0 Å². The third-order valence-corrected chi connectivity index (χ3v) is 5.59. The number of rotatable bonds is 8. The molecule has 0 aliphatic rings. The summed E-state index contributed by atoms with van der Waals surface area (Å²) in [5.74, 6) is -0.00279. The van der Waals surface area contributed by atoms with Crippen LogP contribution in [0.3, 0.4) is 0 Å². The van der Waals surface area contributed by atoms with Crippen LogP contribution in [0.15, 0.2) is 48.0 Å². The molecule has 1 N–H and O–H groups in total. The molecule has 0 aliphatic carbocycles. The van der Waals surface area contributed by atoms with Crippen molar-refractivity contribution >= 4 is 40.6 Å². The van der Waals surface area contributed by atoms with E-state index in [1.54, 1.807) is 12.3 Å². The Morgan fingerprint density at radius 3 is 2.78 bits per heavy atom. The fourth-order valence-electron chi connectivity index (χ4n) is 2.88. The number of aromatic nitrogens is 2. The van der Waals surface area contributed by atoms with Gasteiger partial charge >= 0.3 is 5.97 Å². The maximum atomic E-state index is 11.8. The van der Waals surface area contributed by atoms with Gasteiger partial charge < -0.3 is 9.67 Å². The van der Waals surface area contributed by atoms with Gasteiger partial charge in [0.2, 0.25) is 0 Å². The fourth-order valence-corrected chi connectivity index (χ4v) is 3.81. The van der Waals surface area contributed by atoms with Gasteiger partial charge in [0.25, 0.3) is 0 Å². The molecule has 0 amide bonds. The first kappa shape index (κ1) is 19.4. The predicted molar refractivity (Wildman–Crippen MR) is 111 cm³/mol. The lowest BCUT2D eigenvalue weighted by molar-refractivity contribution is -0.130. The highest BCUT2D eigenvalue weighted by Gasteiger charge is 2.16. The Balaban J connectivity index is 2.04. The summed E-state index contributed by atoms with van der Waals surface area (Å²) in [5, 5.41) is 12.2. The summed E-state index contributed by atoms with van der Waals surface area (Å²) in [6.07, 6.45) is 6.39. The maximum Gasteiger partial charge on any atom is 0.337 e. The number of aryl methyl sites for hydroxylation is 1. The molecule has 4 nitrogen and oxygen atoms in total. The lowest BCUT2D eigenvalue weighted by Crippen LogP contribution is -2.08. The number of benzene rings is 1. The Morgan fingerprint density at radius 2 is 2.11 bits per heavy atom. The average molecular weight is 401 g/mol. The standard InChI is InChI=1S/C21H21ClN2O2S/c1-2-3-10-20-23-13-16(12-17(21(25)26)19-9-6-11-27-19)24(20)14-15-7-4-5-8-18(15)22/h4-9,11-13H,2-3,10,14H2,1H3,(H,25,26)/b17-12+. The Labute approximate surface area is 167 Å². The zero-order valence-electron chi connectivity index (χ0n) is 15.1. The average Bonchev–Trinajstić information content (AvgIpc) is 3.30. The Bertz CT molecular complexity index is 945. The maximum absolute atomic E-state index is 11.8. The zero-order valence-corrected chi connectivity index (χ0v) is 16.6. The highest BCUT2D eigenvalue weighted by atomic mass is 35.5. The van der Waals surface area contributed by atoms with Crippen molar-refractivity contribution in [3.63, 3.8) is 0 Å². The number of nitrogens with zero attached hydrogens (tertiary/aromatic N) is 2.